The molecule has 156 valence electrons. The van der Waals surface area contributed by atoms with Gasteiger partial charge in [0, 0.05) is 12.3 Å². The van der Waals surface area contributed by atoms with Gasteiger partial charge in [-0.15, -0.1) is 0 Å². The molecular weight excluding hydrogens is 435 g/mol. The van der Waals surface area contributed by atoms with E-state index in [0.717, 1.165) is 0 Å². The fourth-order valence-electron chi connectivity index (χ4n) is 2.08. The molecule has 0 radical (unpaired) electrons. The molecule has 0 unspecified atom stereocenters. The number of anilines is 1. The summed E-state index contributed by atoms with van der Waals surface area (Å²) in [6, 6.07) is 1.17. The molecule has 2 aromatic rings. The van der Waals surface area contributed by atoms with E-state index in [2.05, 4.69) is 4.98 Å². The van der Waals surface area contributed by atoms with Crippen LogP contribution >= 0.6 is 11.6 Å². The molecule has 1 heterocycles. The number of alkyl halides is 5. The van der Waals surface area contributed by atoms with E-state index in [1.807, 2.05) is 5.32 Å². The van der Waals surface area contributed by atoms with Crippen LogP contribution in [0.1, 0.15) is 26.4 Å². The Balaban J connectivity index is 2.36. The number of pyridine rings is 1. The van der Waals surface area contributed by atoms with E-state index in [-0.39, 0.29) is 0 Å². The Morgan fingerprint density at radius 3 is 2.31 bits per heavy atom. The van der Waals surface area contributed by atoms with E-state index in [1.165, 1.54) is 0 Å². The van der Waals surface area contributed by atoms with Gasteiger partial charge in [0.2, 0.25) is 0 Å². The fraction of sp³-hybridized carbons (Fsp3) is 0.188. The number of amides is 2. The Morgan fingerprint density at radius 1 is 1.10 bits per heavy atom. The summed E-state index contributed by atoms with van der Waals surface area (Å²) in [4.78, 5) is 27.4. The summed E-state index contributed by atoms with van der Waals surface area (Å²) in [5.41, 5.74) is -3.73. The predicted molar refractivity (Wildman–Crippen MR) is 86.9 cm³/mol. The largest absolute Gasteiger partial charge is 0.417 e. The van der Waals surface area contributed by atoms with Crippen molar-refractivity contribution >= 4 is 29.1 Å². The van der Waals surface area contributed by atoms with Crippen molar-refractivity contribution in [3.8, 4) is 0 Å². The lowest BCUT2D eigenvalue weighted by molar-refractivity contribution is -0.137. The van der Waals surface area contributed by atoms with Gasteiger partial charge in [-0.2, -0.15) is 13.2 Å². The summed E-state index contributed by atoms with van der Waals surface area (Å²) in [5.74, 6) is -5.33. The molecule has 2 rings (SSSR count). The third-order valence-corrected chi connectivity index (χ3v) is 3.63. The van der Waals surface area contributed by atoms with Crippen LogP contribution in [-0.2, 0) is 6.18 Å². The summed E-state index contributed by atoms with van der Waals surface area (Å²) < 4.78 is 89.8. The number of carbonyl (C=O) groups excluding carboxylic acids is 2. The van der Waals surface area contributed by atoms with Gasteiger partial charge in [0.15, 0.2) is 0 Å². The highest BCUT2D eigenvalue weighted by atomic mass is 35.5. The van der Waals surface area contributed by atoms with Crippen LogP contribution < -0.4 is 10.6 Å². The summed E-state index contributed by atoms with van der Waals surface area (Å²) in [7, 11) is 0. The number of aromatic nitrogens is 1. The zero-order chi connectivity index (χ0) is 21.9. The molecular formula is C16H9ClF7N3O2. The molecule has 5 nitrogen and oxygen atoms in total. The Hall–Kier alpha value is -2.89. The highest BCUT2D eigenvalue weighted by molar-refractivity contribution is 6.34. The molecule has 0 aliphatic heterocycles. The minimum absolute atomic E-state index is 0.293. The van der Waals surface area contributed by atoms with Gasteiger partial charge in [-0.25, -0.2) is 22.5 Å². The molecule has 0 aliphatic rings. The molecule has 2 amide bonds. The van der Waals surface area contributed by atoms with Gasteiger partial charge >= 0.3 is 6.18 Å². The lowest BCUT2D eigenvalue weighted by atomic mass is 10.1. The summed E-state index contributed by atoms with van der Waals surface area (Å²) in [5, 5.41) is 2.80. The van der Waals surface area contributed by atoms with Crippen LogP contribution in [0.15, 0.2) is 24.4 Å². The number of hydrogen-bond donors (Lipinski definition) is 2. The number of nitrogens with one attached hydrogen (secondary N) is 2. The maximum Gasteiger partial charge on any atom is 0.417 e. The number of carbonyl (C=O) groups is 2. The lowest BCUT2D eigenvalue weighted by Crippen LogP contribution is -2.30. The smallest absolute Gasteiger partial charge is 0.346 e. The number of nitrogens with zero attached hydrogens (tertiary/aromatic N) is 1. The van der Waals surface area contributed by atoms with Crippen molar-refractivity contribution in [3.63, 3.8) is 0 Å². The zero-order valence-corrected chi connectivity index (χ0v) is 14.6. The minimum Gasteiger partial charge on any atom is -0.346 e. The van der Waals surface area contributed by atoms with Crippen LogP contribution in [0.25, 0.3) is 0 Å². The SMILES string of the molecule is O=C(NCC(F)F)c1cc(F)cc(F)c1NC(=O)c1ncc(C(F)(F)F)cc1Cl. The second-order valence-corrected chi connectivity index (χ2v) is 5.82. The molecule has 0 bridgehead atoms. The van der Waals surface area contributed by atoms with Crippen molar-refractivity contribution in [1.82, 2.24) is 10.3 Å². The van der Waals surface area contributed by atoms with Crippen molar-refractivity contribution in [1.29, 1.82) is 0 Å². The van der Waals surface area contributed by atoms with E-state index in [9.17, 15) is 40.3 Å². The van der Waals surface area contributed by atoms with Crippen LogP contribution in [0, 0.1) is 11.6 Å². The number of halogens is 8. The highest BCUT2D eigenvalue weighted by Gasteiger charge is 2.32. The van der Waals surface area contributed by atoms with Gasteiger partial charge in [-0.1, -0.05) is 11.6 Å². The van der Waals surface area contributed by atoms with Crippen LogP contribution in [0.4, 0.5) is 36.4 Å². The van der Waals surface area contributed by atoms with E-state index in [1.54, 1.807) is 5.32 Å². The molecule has 13 heteroatoms. The maximum absolute atomic E-state index is 14.1. The number of rotatable bonds is 5. The average Bonchev–Trinajstić information content (AvgIpc) is 2.60. The Labute approximate surface area is 162 Å². The van der Waals surface area contributed by atoms with E-state index in [4.69, 9.17) is 11.6 Å². The molecule has 0 fully saturated rings. The first-order valence-electron chi connectivity index (χ1n) is 7.49. The van der Waals surface area contributed by atoms with Crippen LogP contribution in [0.2, 0.25) is 5.02 Å². The van der Waals surface area contributed by atoms with Crippen molar-refractivity contribution in [2.45, 2.75) is 12.6 Å². The van der Waals surface area contributed by atoms with Crippen LogP contribution in [0.3, 0.4) is 0 Å². The monoisotopic (exact) mass is 443 g/mol. The van der Waals surface area contributed by atoms with Gasteiger partial charge in [0.1, 0.15) is 17.3 Å². The molecule has 0 atom stereocenters. The summed E-state index contributed by atoms with van der Waals surface area (Å²) in [6.07, 6.45) is -7.44. The second-order valence-electron chi connectivity index (χ2n) is 5.42. The zero-order valence-electron chi connectivity index (χ0n) is 13.9. The van der Waals surface area contributed by atoms with Gasteiger partial charge in [0.25, 0.3) is 18.2 Å². The molecule has 0 saturated heterocycles. The third kappa shape index (κ3) is 5.56. The van der Waals surface area contributed by atoms with Crippen molar-refractivity contribution in [2.24, 2.45) is 0 Å². The first-order chi connectivity index (χ1) is 13.4. The van der Waals surface area contributed by atoms with E-state index < -0.39 is 70.1 Å². The standard InChI is InChI=1S/C16H9ClF7N3O2/c17-9-1-6(16(22,23)24)4-25-13(9)15(29)27-12-8(2-7(18)3-10(12)19)14(28)26-5-11(20)21/h1-4,11H,5H2,(H,26,28)(H,27,29). The van der Waals surface area contributed by atoms with E-state index in [0.29, 0.717) is 24.4 Å². The number of benzene rings is 1. The lowest BCUT2D eigenvalue weighted by Gasteiger charge is -2.13. The normalized spacial score (nSPS) is 11.5. The third-order valence-electron chi connectivity index (χ3n) is 3.34. The fourth-order valence-corrected chi connectivity index (χ4v) is 2.33. The van der Waals surface area contributed by atoms with Crippen molar-refractivity contribution < 1.29 is 40.3 Å². The number of hydrogen-bond acceptors (Lipinski definition) is 3. The highest BCUT2D eigenvalue weighted by Crippen LogP contribution is 2.31. The quantitative estimate of drug-likeness (QED) is 0.678. The molecule has 0 spiro atoms. The van der Waals surface area contributed by atoms with Crippen molar-refractivity contribution in [2.75, 3.05) is 11.9 Å². The Bertz CT molecular complexity index is 951. The van der Waals surface area contributed by atoms with Gasteiger partial charge in [-0.3, -0.25) is 9.59 Å². The minimum atomic E-state index is -4.79. The molecule has 1 aromatic carbocycles. The Morgan fingerprint density at radius 2 is 1.76 bits per heavy atom. The van der Waals surface area contributed by atoms with Crippen molar-refractivity contribution in [3.05, 3.63) is 57.9 Å². The molecule has 29 heavy (non-hydrogen) atoms. The molecule has 0 saturated carbocycles. The first kappa shape index (κ1) is 22.4. The Kier molecular flexibility index (Phi) is 6.67. The molecule has 0 aliphatic carbocycles. The van der Waals surface area contributed by atoms with Gasteiger partial charge in [-0.05, 0) is 12.1 Å². The van der Waals surface area contributed by atoms with E-state index >= 15 is 0 Å². The first-order valence-corrected chi connectivity index (χ1v) is 7.87. The van der Waals surface area contributed by atoms with Crippen LogP contribution in [0.5, 0.6) is 0 Å². The molecule has 1 aromatic heterocycles. The molecule has 2 N–H and O–H groups in total. The van der Waals surface area contributed by atoms with Crippen LogP contribution in [-0.4, -0.2) is 29.8 Å². The van der Waals surface area contributed by atoms with Gasteiger partial charge < -0.3 is 10.6 Å². The maximum atomic E-state index is 14.1. The average molecular weight is 444 g/mol. The summed E-state index contributed by atoms with van der Waals surface area (Å²) in [6.45, 7) is -1.13. The van der Waals surface area contributed by atoms with Gasteiger partial charge in [0.05, 0.1) is 28.4 Å². The summed E-state index contributed by atoms with van der Waals surface area (Å²) >= 11 is 5.61. The topological polar surface area (TPSA) is 71.1 Å². The second kappa shape index (κ2) is 8.64. The predicted octanol–water partition coefficient (Wildman–Crippen LogP) is 4.28.